The highest BCUT2D eigenvalue weighted by molar-refractivity contribution is 7.15. The molecule has 3 heterocycles. The molecule has 6 rings (SSSR count). The number of halogens is 1. The summed E-state index contributed by atoms with van der Waals surface area (Å²) in [6, 6.07) is 16.3. The summed E-state index contributed by atoms with van der Waals surface area (Å²) < 4.78 is 19.7. The smallest absolute Gasteiger partial charge is 0.254 e. The Morgan fingerprint density at radius 2 is 1.92 bits per heavy atom. The first-order chi connectivity index (χ1) is 18.4. The lowest BCUT2D eigenvalue weighted by molar-refractivity contribution is -0.125. The molecule has 0 bridgehead atoms. The van der Waals surface area contributed by atoms with Crippen molar-refractivity contribution in [3.63, 3.8) is 0 Å². The molecule has 1 aliphatic carbocycles. The lowest BCUT2D eigenvalue weighted by atomic mass is 9.73. The standard InChI is InChI=1S/C28H25FN4O3S2/c1-28(26(35)31-27-32-30-16-37-27)15-23-21(24(28)19-3-2-4-20(29)13-19)14-22(38-23)17-5-7-18(8-6-17)25(34)33-9-11-36-12-10-33/h2-8,13-14,16,24H,9-12,15H2,1H3,(H,31,32,35)/t24-,28+/m1/s1. The number of carbonyl (C=O) groups is 2. The van der Waals surface area contributed by atoms with Crippen molar-refractivity contribution in [2.24, 2.45) is 5.41 Å². The molecule has 38 heavy (non-hydrogen) atoms. The van der Waals surface area contributed by atoms with Crippen LogP contribution in [-0.4, -0.2) is 53.2 Å². The Hall–Kier alpha value is -3.47. The Morgan fingerprint density at radius 1 is 1.13 bits per heavy atom. The lowest BCUT2D eigenvalue weighted by Gasteiger charge is -2.31. The van der Waals surface area contributed by atoms with Crippen molar-refractivity contribution in [3.05, 3.63) is 87.5 Å². The van der Waals surface area contributed by atoms with Crippen molar-refractivity contribution in [2.75, 3.05) is 31.6 Å². The van der Waals surface area contributed by atoms with Gasteiger partial charge in [0, 0.05) is 34.3 Å². The Morgan fingerprint density at radius 3 is 2.63 bits per heavy atom. The van der Waals surface area contributed by atoms with Gasteiger partial charge in [0.25, 0.3) is 5.91 Å². The summed E-state index contributed by atoms with van der Waals surface area (Å²) in [6.07, 6.45) is 0.520. The molecule has 10 heteroatoms. The fraction of sp³-hybridized carbons (Fsp3) is 0.286. The zero-order chi connectivity index (χ0) is 26.3. The maximum Gasteiger partial charge on any atom is 0.254 e. The molecule has 0 radical (unpaired) electrons. The number of rotatable bonds is 5. The second-order valence-corrected chi connectivity index (χ2v) is 11.7. The van der Waals surface area contributed by atoms with Crippen LogP contribution in [0.4, 0.5) is 9.52 Å². The fourth-order valence-corrected chi connectivity index (χ4v) is 7.20. The van der Waals surface area contributed by atoms with Crippen LogP contribution in [0.2, 0.25) is 0 Å². The van der Waals surface area contributed by atoms with Gasteiger partial charge in [-0.3, -0.25) is 9.59 Å². The number of ether oxygens (including phenoxy) is 1. The molecule has 0 spiro atoms. The van der Waals surface area contributed by atoms with Crippen molar-refractivity contribution < 1.29 is 18.7 Å². The van der Waals surface area contributed by atoms with Gasteiger partial charge in [0.2, 0.25) is 11.0 Å². The third-order valence-electron chi connectivity index (χ3n) is 7.31. The maximum absolute atomic E-state index is 14.3. The molecule has 2 aromatic heterocycles. The number of morpholine rings is 1. The predicted octanol–water partition coefficient (Wildman–Crippen LogP) is 5.21. The van der Waals surface area contributed by atoms with Crippen LogP contribution in [0.1, 0.15) is 39.2 Å². The summed E-state index contributed by atoms with van der Waals surface area (Å²) in [5.74, 6) is -0.816. The van der Waals surface area contributed by atoms with Crippen molar-refractivity contribution in [2.45, 2.75) is 19.3 Å². The largest absolute Gasteiger partial charge is 0.378 e. The van der Waals surface area contributed by atoms with Crippen LogP contribution < -0.4 is 5.32 Å². The van der Waals surface area contributed by atoms with Crippen LogP contribution in [0, 0.1) is 11.2 Å². The summed E-state index contributed by atoms with van der Waals surface area (Å²) in [5.41, 5.74) is 4.18. The molecule has 1 saturated heterocycles. The minimum atomic E-state index is -0.826. The number of nitrogens with zero attached hydrogens (tertiary/aromatic N) is 3. The molecular weight excluding hydrogens is 523 g/mol. The van der Waals surface area contributed by atoms with Crippen LogP contribution in [0.5, 0.6) is 0 Å². The van der Waals surface area contributed by atoms with Gasteiger partial charge < -0.3 is 15.0 Å². The van der Waals surface area contributed by atoms with Gasteiger partial charge in [-0.25, -0.2) is 4.39 Å². The van der Waals surface area contributed by atoms with Crippen molar-refractivity contribution in [1.82, 2.24) is 15.1 Å². The number of amides is 2. The van der Waals surface area contributed by atoms with Gasteiger partial charge in [-0.15, -0.1) is 21.5 Å². The number of aromatic nitrogens is 2. The summed E-state index contributed by atoms with van der Waals surface area (Å²) in [4.78, 5) is 30.3. The van der Waals surface area contributed by atoms with Gasteiger partial charge in [0.1, 0.15) is 11.3 Å². The molecule has 7 nitrogen and oxygen atoms in total. The van der Waals surface area contributed by atoms with E-state index in [1.807, 2.05) is 42.2 Å². The topological polar surface area (TPSA) is 84.4 Å². The molecule has 1 aliphatic heterocycles. The summed E-state index contributed by atoms with van der Waals surface area (Å²) >= 11 is 2.90. The number of benzene rings is 2. The van der Waals surface area contributed by atoms with Crippen LogP contribution in [0.25, 0.3) is 10.4 Å². The van der Waals surface area contributed by atoms with E-state index in [0.29, 0.717) is 43.4 Å². The van der Waals surface area contributed by atoms with Crippen LogP contribution in [0.15, 0.2) is 60.1 Å². The Balaban J connectivity index is 1.31. The molecule has 2 aromatic carbocycles. The maximum atomic E-state index is 14.3. The van der Waals surface area contributed by atoms with E-state index in [0.717, 1.165) is 26.4 Å². The molecule has 0 saturated carbocycles. The summed E-state index contributed by atoms with van der Waals surface area (Å²) in [7, 11) is 0. The lowest BCUT2D eigenvalue weighted by Crippen LogP contribution is -2.40. The normalized spacial score (nSPS) is 20.8. The molecule has 1 fully saturated rings. The molecule has 2 aliphatic rings. The zero-order valence-electron chi connectivity index (χ0n) is 20.6. The van der Waals surface area contributed by atoms with Crippen molar-refractivity contribution in [3.8, 4) is 10.4 Å². The minimum absolute atomic E-state index is 0.0110. The number of nitrogens with one attached hydrogen (secondary N) is 1. The fourth-order valence-electron chi connectivity index (χ4n) is 5.38. The van der Waals surface area contributed by atoms with Crippen LogP contribution in [-0.2, 0) is 16.0 Å². The second kappa shape index (κ2) is 10.0. The SMILES string of the molecule is C[C@]1(C(=O)Nc2nncs2)Cc2sc(-c3ccc(C(=O)N4CCOCC4)cc3)cc2[C@H]1c1cccc(F)c1. The molecule has 4 aromatic rings. The molecule has 0 unspecified atom stereocenters. The van der Waals surface area contributed by atoms with E-state index in [1.54, 1.807) is 22.9 Å². The third kappa shape index (κ3) is 4.53. The van der Waals surface area contributed by atoms with E-state index in [1.165, 1.54) is 23.5 Å². The first kappa shape index (κ1) is 24.8. The van der Waals surface area contributed by atoms with Gasteiger partial charge in [0.15, 0.2) is 0 Å². The first-order valence-corrected chi connectivity index (χ1v) is 14.0. The number of anilines is 1. The quantitative estimate of drug-likeness (QED) is 0.370. The van der Waals surface area contributed by atoms with Gasteiger partial charge in [-0.2, -0.15) is 0 Å². The van der Waals surface area contributed by atoms with E-state index in [2.05, 4.69) is 21.6 Å². The second-order valence-electron chi connectivity index (χ2n) is 9.75. The van der Waals surface area contributed by atoms with Gasteiger partial charge >= 0.3 is 0 Å². The highest BCUT2D eigenvalue weighted by Crippen LogP contribution is 2.55. The molecular formula is C28H25FN4O3S2. The Labute approximate surface area is 227 Å². The number of carbonyl (C=O) groups excluding carboxylic acids is 2. The van der Waals surface area contributed by atoms with Crippen LogP contribution >= 0.6 is 22.7 Å². The minimum Gasteiger partial charge on any atom is -0.378 e. The van der Waals surface area contributed by atoms with E-state index >= 15 is 0 Å². The summed E-state index contributed by atoms with van der Waals surface area (Å²) in [6.45, 7) is 4.26. The van der Waals surface area contributed by atoms with Crippen LogP contribution in [0.3, 0.4) is 0 Å². The average Bonchev–Trinajstić information content (AvgIpc) is 3.65. The van der Waals surface area contributed by atoms with Gasteiger partial charge in [-0.1, -0.05) is 35.6 Å². The van der Waals surface area contributed by atoms with E-state index < -0.39 is 5.41 Å². The van der Waals surface area contributed by atoms with Gasteiger partial charge in [0.05, 0.1) is 18.6 Å². The number of hydrogen-bond donors (Lipinski definition) is 1. The Bertz CT molecular complexity index is 1480. The molecule has 194 valence electrons. The molecule has 2 atom stereocenters. The van der Waals surface area contributed by atoms with E-state index in [9.17, 15) is 14.0 Å². The molecule has 1 N–H and O–H groups in total. The van der Waals surface area contributed by atoms with E-state index in [-0.39, 0.29) is 23.5 Å². The highest BCUT2D eigenvalue weighted by atomic mass is 32.1. The van der Waals surface area contributed by atoms with E-state index in [4.69, 9.17) is 4.74 Å². The first-order valence-electron chi connectivity index (χ1n) is 12.4. The Kier molecular flexibility index (Phi) is 6.55. The summed E-state index contributed by atoms with van der Waals surface area (Å²) in [5, 5.41) is 11.1. The predicted molar refractivity (Wildman–Crippen MR) is 145 cm³/mol. The highest BCUT2D eigenvalue weighted by Gasteiger charge is 2.50. The molecule has 2 amide bonds. The number of fused-ring (bicyclic) bond motifs is 1. The monoisotopic (exact) mass is 548 g/mol. The third-order valence-corrected chi connectivity index (χ3v) is 9.12. The van der Waals surface area contributed by atoms with Crippen molar-refractivity contribution >= 4 is 39.6 Å². The number of thiophene rings is 1. The van der Waals surface area contributed by atoms with Gasteiger partial charge in [-0.05, 0) is 60.4 Å². The zero-order valence-corrected chi connectivity index (χ0v) is 22.3. The number of hydrogen-bond acceptors (Lipinski definition) is 7. The average molecular weight is 549 g/mol. The van der Waals surface area contributed by atoms with Crippen molar-refractivity contribution in [1.29, 1.82) is 0 Å².